The van der Waals surface area contributed by atoms with Gasteiger partial charge in [0.1, 0.15) is 0 Å². The molecule has 0 aromatic rings. The summed E-state index contributed by atoms with van der Waals surface area (Å²) in [7, 11) is 0. The quantitative estimate of drug-likeness (QED) is 0.714. The van der Waals surface area contributed by atoms with Crippen molar-refractivity contribution < 1.29 is 4.74 Å². The molecule has 3 rings (SSSR count). The first-order valence-electron chi connectivity index (χ1n) is 7.51. The summed E-state index contributed by atoms with van der Waals surface area (Å²) in [5, 5.41) is 3.72. The highest BCUT2D eigenvalue weighted by Crippen LogP contribution is 2.29. The van der Waals surface area contributed by atoms with Gasteiger partial charge >= 0.3 is 0 Å². The lowest BCUT2D eigenvalue weighted by molar-refractivity contribution is 0.102. The maximum atomic E-state index is 5.65. The highest BCUT2D eigenvalue weighted by molar-refractivity contribution is 4.91. The summed E-state index contributed by atoms with van der Waals surface area (Å²) < 4.78 is 5.65. The smallest absolute Gasteiger partial charge is 0.0576 e. The van der Waals surface area contributed by atoms with E-state index in [-0.39, 0.29) is 0 Å². The molecule has 98 valence electrons. The molecule has 3 aliphatic rings. The van der Waals surface area contributed by atoms with E-state index in [1.807, 2.05) is 0 Å². The van der Waals surface area contributed by atoms with Gasteiger partial charge in [0, 0.05) is 31.8 Å². The fourth-order valence-electron chi connectivity index (χ4n) is 3.23. The van der Waals surface area contributed by atoms with Gasteiger partial charge in [0.2, 0.25) is 0 Å². The fraction of sp³-hybridized carbons (Fsp3) is 1.00. The second-order valence-corrected chi connectivity index (χ2v) is 5.94. The molecule has 2 aliphatic heterocycles. The Labute approximate surface area is 105 Å². The first-order valence-corrected chi connectivity index (χ1v) is 7.51. The average molecular weight is 238 g/mol. The molecular formula is C14H26N2O. The molecule has 2 atom stereocenters. The predicted octanol–water partition coefficient (Wildman–Crippen LogP) is 1.77. The summed E-state index contributed by atoms with van der Waals surface area (Å²) in [6.07, 6.45) is 9.93. The Hall–Kier alpha value is -0.120. The monoisotopic (exact) mass is 238 g/mol. The van der Waals surface area contributed by atoms with Crippen LogP contribution in [0.15, 0.2) is 0 Å². The van der Waals surface area contributed by atoms with E-state index in [1.165, 1.54) is 64.6 Å². The lowest BCUT2D eigenvalue weighted by Gasteiger charge is -2.16. The number of nitrogens with one attached hydrogen (secondary N) is 1. The molecule has 1 N–H and O–H groups in total. The van der Waals surface area contributed by atoms with Gasteiger partial charge in [-0.2, -0.15) is 0 Å². The molecule has 0 spiro atoms. The van der Waals surface area contributed by atoms with Crippen molar-refractivity contribution in [3.8, 4) is 0 Å². The van der Waals surface area contributed by atoms with Gasteiger partial charge in [-0.05, 0) is 51.5 Å². The van der Waals surface area contributed by atoms with Gasteiger partial charge in [-0.25, -0.2) is 0 Å². The molecule has 2 unspecified atom stereocenters. The molecule has 0 aromatic carbocycles. The van der Waals surface area contributed by atoms with Gasteiger partial charge in [0.25, 0.3) is 0 Å². The molecule has 0 aromatic heterocycles. The van der Waals surface area contributed by atoms with Crippen molar-refractivity contribution in [3.63, 3.8) is 0 Å². The first kappa shape index (κ1) is 11.9. The van der Waals surface area contributed by atoms with Crippen LogP contribution in [0.25, 0.3) is 0 Å². The highest BCUT2D eigenvalue weighted by Gasteiger charge is 2.33. The molecule has 2 heterocycles. The van der Waals surface area contributed by atoms with Crippen LogP contribution >= 0.6 is 0 Å². The van der Waals surface area contributed by atoms with Crippen molar-refractivity contribution in [2.75, 3.05) is 26.2 Å². The second-order valence-electron chi connectivity index (χ2n) is 5.94. The van der Waals surface area contributed by atoms with E-state index in [0.717, 1.165) is 18.7 Å². The Morgan fingerprint density at radius 2 is 2.12 bits per heavy atom. The van der Waals surface area contributed by atoms with Crippen LogP contribution in [0.4, 0.5) is 0 Å². The van der Waals surface area contributed by atoms with Crippen LogP contribution in [0.5, 0.6) is 0 Å². The third-order valence-electron chi connectivity index (χ3n) is 4.44. The summed E-state index contributed by atoms with van der Waals surface area (Å²) in [5.41, 5.74) is 0. The van der Waals surface area contributed by atoms with Crippen LogP contribution in [0.1, 0.15) is 44.9 Å². The molecule has 2 saturated heterocycles. The van der Waals surface area contributed by atoms with Gasteiger partial charge in [0.15, 0.2) is 0 Å². The molecule has 17 heavy (non-hydrogen) atoms. The maximum absolute atomic E-state index is 5.65. The molecule has 1 aliphatic carbocycles. The molecule has 3 nitrogen and oxygen atoms in total. The lowest BCUT2D eigenvalue weighted by atomic mass is 10.1. The number of hydrogen-bond acceptors (Lipinski definition) is 3. The van der Waals surface area contributed by atoms with E-state index < -0.39 is 0 Å². The Kier molecular flexibility index (Phi) is 3.99. The molecule has 0 radical (unpaired) electrons. The molecule has 3 heteroatoms. The van der Waals surface area contributed by atoms with Gasteiger partial charge in [-0.15, -0.1) is 0 Å². The van der Waals surface area contributed by atoms with Gasteiger partial charge in [0.05, 0.1) is 6.10 Å². The zero-order valence-corrected chi connectivity index (χ0v) is 10.9. The maximum Gasteiger partial charge on any atom is 0.0576 e. The third-order valence-corrected chi connectivity index (χ3v) is 4.44. The normalized spacial score (nSPS) is 34.6. The topological polar surface area (TPSA) is 24.5 Å². The summed E-state index contributed by atoms with van der Waals surface area (Å²) in [6, 6.07) is 1.72. The van der Waals surface area contributed by atoms with Crippen LogP contribution in [0.2, 0.25) is 0 Å². The van der Waals surface area contributed by atoms with E-state index in [9.17, 15) is 0 Å². The fourth-order valence-corrected chi connectivity index (χ4v) is 3.23. The van der Waals surface area contributed by atoms with Crippen LogP contribution in [0, 0.1) is 0 Å². The number of ether oxygens (including phenoxy) is 1. The van der Waals surface area contributed by atoms with Crippen LogP contribution < -0.4 is 5.32 Å². The van der Waals surface area contributed by atoms with Crippen LogP contribution in [0.3, 0.4) is 0 Å². The Morgan fingerprint density at radius 3 is 2.88 bits per heavy atom. The molecule has 0 bridgehead atoms. The van der Waals surface area contributed by atoms with Gasteiger partial charge in [-0.3, -0.25) is 4.90 Å². The summed E-state index contributed by atoms with van der Waals surface area (Å²) >= 11 is 0. The van der Waals surface area contributed by atoms with E-state index >= 15 is 0 Å². The SMILES string of the molecule is C(CNC1CCN(C2CC2)C1)CC1CCCO1. The minimum absolute atomic E-state index is 0.573. The molecular weight excluding hydrogens is 212 g/mol. The lowest BCUT2D eigenvalue weighted by Crippen LogP contribution is -2.34. The van der Waals surface area contributed by atoms with Crippen molar-refractivity contribution in [1.82, 2.24) is 10.2 Å². The van der Waals surface area contributed by atoms with Crippen molar-refractivity contribution in [2.24, 2.45) is 0 Å². The van der Waals surface area contributed by atoms with Crippen molar-refractivity contribution in [2.45, 2.75) is 63.1 Å². The number of rotatable bonds is 6. The highest BCUT2D eigenvalue weighted by atomic mass is 16.5. The second kappa shape index (κ2) is 5.68. The first-order chi connectivity index (χ1) is 8.42. The van der Waals surface area contributed by atoms with Crippen molar-refractivity contribution in [3.05, 3.63) is 0 Å². The number of likely N-dealkylation sites (tertiary alicyclic amines) is 1. The zero-order valence-electron chi connectivity index (χ0n) is 10.9. The zero-order chi connectivity index (χ0) is 11.5. The molecule has 1 saturated carbocycles. The van der Waals surface area contributed by atoms with Crippen LogP contribution in [-0.4, -0.2) is 49.3 Å². The van der Waals surface area contributed by atoms with E-state index in [0.29, 0.717) is 6.10 Å². The average Bonchev–Trinajstić information content (AvgIpc) is 2.89. The van der Waals surface area contributed by atoms with Crippen LogP contribution in [-0.2, 0) is 4.74 Å². The predicted molar refractivity (Wildman–Crippen MR) is 69.2 cm³/mol. The third kappa shape index (κ3) is 3.43. The van der Waals surface area contributed by atoms with Crippen molar-refractivity contribution >= 4 is 0 Å². The summed E-state index contributed by atoms with van der Waals surface area (Å²) in [5.74, 6) is 0. The van der Waals surface area contributed by atoms with E-state index in [4.69, 9.17) is 4.74 Å². The van der Waals surface area contributed by atoms with Gasteiger partial charge < -0.3 is 10.1 Å². The van der Waals surface area contributed by atoms with E-state index in [2.05, 4.69) is 10.2 Å². The standard InChI is InChI=1S/C14H26N2O/c1(3-14-4-2-10-17-14)8-15-12-7-9-16(11-12)13-5-6-13/h12-15H,1-11H2. The number of nitrogens with zero attached hydrogens (tertiary/aromatic N) is 1. The Morgan fingerprint density at radius 1 is 1.18 bits per heavy atom. The largest absolute Gasteiger partial charge is 0.378 e. The summed E-state index contributed by atoms with van der Waals surface area (Å²) in [4.78, 5) is 2.68. The van der Waals surface area contributed by atoms with E-state index in [1.54, 1.807) is 0 Å². The summed E-state index contributed by atoms with van der Waals surface area (Å²) in [6.45, 7) is 4.80. The minimum atomic E-state index is 0.573. The minimum Gasteiger partial charge on any atom is -0.378 e. The number of hydrogen-bond donors (Lipinski definition) is 1. The van der Waals surface area contributed by atoms with Gasteiger partial charge in [-0.1, -0.05) is 0 Å². The van der Waals surface area contributed by atoms with Crippen molar-refractivity contribution in [1.29, 1.82) is 0 Å². The Balaban J connectivity index is 1.24. The molecule has 3 fully saturated rings. The molecule has 0 amide bonds. The Bertz CT molecular complexity index is 236.